The van der Waals surface area contributed by atoms with Gasteiger partial charge in [-0.25, -0.2) is 4.98 Å². The van der Waals surface area contributed by atoms with Gasteiger partial charge < -0.3 is 14.2 Å². The number of amides is 1. The first-order valence-electron chi connectivity index (χ1n) is 10.0. The summed E-state index contributed by atoms with van der Waals surface area (Å²) in [7, 11) is 0. The molecule has 0 N–H and O–H groups in total. The summed E-state index contributed by atoms with van der Waals surface area (Å²) in [6, 6.07) is 16.2. The molecule has 0 aliphatic carbocycles. The molecular formula is C23H27N3O2. The van der Waals surface area contributed by atoms with Crippen molar-refractivity contribution in [1.82, 2.24) is 14.5 Å². The summed E-state index contributed by atoms with van der Waals surface area (Å²) in [6.07, 6.45) is 3.37. The third kappa shape index (κ3) is 3.88. The van der Waals surface area contributed by atoms with E-state index >= 15 is 0 Å². The maximum absolute atomic E-state index is 13.0. The Morgan fingerprint density at radius 2 is 1.93 bits per heavy atom. The maximum atomic E-state index is 13.0. The molecule has 1 aliphatic rings. The zero-order chi connectivity index (χ0) is 19.5. The van der Waals surface area contributed by atoms with Crippen molar-refractivity contribution in [3.8, 4) is 5.75 Å². The molecule has 1 fully saturated rings. The van der Waals surface area contributed by atoms with Gasteiger partial charge in [0.25, 0.3) is 0 Å². The number of hydrogen-bond acceptors (Lipinski definition) is 3. The Bertz CT molecular complexity index is 962. The van der Waals surface area contributed by atoms with Gasteiger partial charge in [-0.3, -0.25) is 4.79 Å². The van der Waals surface area contributed by atoms with Crippen LogP contribution in [0.3, 0.4) is 0 Å². The number of likely N-dealkylation sites (tertiary alicyclic amines) is 1. The van der Waals surface area contributed by atoms with E-state index < -0.39 is 0 Å². The minimum Gasteiger partial charge on any atom is -0.486 e. The highest BCUT2D eigenvalue weighted by Gasteiger charge is 2.24. The Hall–Kier alpha value is -2.82. The second-order valence-electron chi connectivity index (χ2n) is 7.64. The normalized spacial score (nSPS) is 17.1. The van der Waals surface area contributed by atoms with Crippen LogP contribution in [0.2, 0.25) is 0 Å². The monoisotopic (exact) mass is 377 g/mol. The molecule has 2 aromatic carbocycles. The Labute approximate surface area is 165 Å². The molecule has 0 saturated carbocycles. The Kier molecular flexibility index (Phi) is 5.33. The van der Waals surface area contributed by atoms with E-state index in [0.717, 1.165) is 42.0 Å². The van der Waals surface area contributed by atoms with Crippen LogP contribution in [0.25, 0.3) is 11.0 Å². The van der Waals surface area contributed by atoms with Crippen molar-refractivity contribution in [3.63, 3.8) is 0 Å². The third-order valence-electron chi connectivity index (χ3n) is 5.54. The van der Waals surface area contributed by atoms with E-state index in [-0.39, 0.29) is 5.91 Å². The molecule has 146 valence electrons. The second kappa shape index (κ2) is 8.05. The van der Waals surface area contributed by atoms with Crippen molar-refractivity contribution < 1.29 is 9.53 Å². The third-order valence-corrected chi connectivity index (χ3v) is 5.54. The van der Waals surface area contributed by atoms with Crippen LogP contribution in [0.1, 0.15) is 37.6 Å². The average Bonchev–Trinajstić information content (AvgIpc) is 3.05. The minimum atomic E-state index is 0.159. The molecule has 5 nitrogen and oxygen atoms in total. The summed E-state index contributed by atoms with van der Waals surface area (Å²) in [5, 5.41) is 0. The Balaban J connectivity index is 1.57. The number of rotatable bonds is 5. The molecule has 0 spiro atoms. The first kappa shape index (κ1) is 18.5. The fourth-order valence-electron chi connectivity index (χ4n) is 3.89. The van der Waals surface area contributed by atoms with Gasteiger partial charge in [0.1, 0.15) is 24.7 Å². The number of fused-ring (bicyclic) bond motifs is 1. The molecule has 0 bridgehead atoms. The molecule has 0 unspecified atom stereocenters. The van der Waals surface area contributed by atoms with Crippen LogP contribution in [0.5, 0.6) is 5.75 Å². The SMILES string of the molecule is Cc1ccc(OCc2nc3ccccc3n2CC(=O)N2CCCC[C@H]2C)cc1. The van der Waals surface area contributed by atoms with Crippen molar-refractivity contribution in [2.45, 2.75) is 52.3 Å². The highest BCUT2D eigenvalue weighted by Crippen LogP contribution is 2.21. The van der Waals surface area contributed by atoms with Gasteiger partial charge in [-0.1, -0.05) is 29.8 Å². The first-order valence-corrected chi connectivity index (χ1v) is 10.0. The van der Waals surface area contributed by atoms with Crippen LogP contribution in [0.4, 0.5) is 0 Å². The Morgan fingerprint density at radius 3 is 2.71 bits per heavy atom. The molecule has 5 heteroatoms. The number of hydrogen-bond donors (Lipinski definition) is 0. The van der Waals surface area contributed by atoms with Gasteiger partial charge in [-0.15, -0.1) is 0 Å². The summed E-state index contributed by atoms with van der Waals surface area (Å²) >= 11 is 0. The van der Waals surface area contributed by atoms with Crippen molar-refractivity contribution in [2.24, 2.45) is 0 Å². The van der Waals surface area contributed by atoms with Crippen LogP contribution in [-0.4, -0.2) is 32.9 Å². The van der Waals surface area contributed by atoms with E-state index in [2.05, 4.69) is 13.8 Å². The van der Waals surface area contributed by atoms with E-state index in [9.17, 15) is 4.79 Å². The topological polar surface area (TPSA) is 47.4 Å². The van der Waals surface area contributed by atoms with Crippen LogP contribution in [0.15, 0.2) is 48.5 Å². The van der Waals surface area contributed by atoms with Crippen LogP contribution < -0.4 is 4.74 Å². The number of aromatic nitrogens is 2. The summed E-state index contributed by atoms with van der Waals surface area (Å²) in [6.45, 7) is 5.68. The number of imidazole rings is 1. The summed E-state index contributed by atoms with van der Waals surface area (Å²) in [5.74, 6) is 1.74. The van der Waals surface area contributed by atoms with Gasteiger partial charge in [0.05, 0.1) is 11.0 Å². The number of ether oxygens (including phenoxy) is 1. The van der Waals surface area contributed by atoms with Crippen molar-refractivity contribution in [1.29, 1.82) is 0 Å². The van der Waals surface area contributed by atoms with Gasteiger partial charge in [0.15, 0.2) is 0 Å². The number of piperidine rings is 1. The predicted molar refractivity (Wildman–Crippen MR) is 110 cm³/mol. The van der Waals surface area contributed by atoms with Crippen molar-refractivity contribution in [3.05, 3.63) is 59.9 Å². The average molecular weight is 377 g/mol. The lowest BCUT2D eigenvalue weighted by Crippen LogP contribution is -2.43. The van der Waals surface area contributed by atoms with E-state index in [4.69, 9.17) is 9.72 Å². The molecule has 1 aromatic heterocycles. The Morgan fingerprint density at radius 1 is 1.14 bits per heavy atom. The fraction of sp³-hybridized carbons (Fsp3) is 0.391. The smallest absolute Gasteiger partial charge is 0.242 e. The molecule has 0 radical (unpaired) electrons. The number of carbonyl (C=O) groups is 1. The lowest BCUT2D eigenvalue weighted by Gasteiger charge is -2.33. The lowest BCUT2D eigenvalue weighted by molar-refractivity contribution is -0.135. The van der Waals surface area contributed by atoms with Crippen molar-refractivity contribution >= 4 is 16.9 Å². The molecule has 2 heterocycles. The van der Waals surface area contributed by atoms with Gasteiger partial charge in [0, 0.05) is 12.6 Å². The predicted octanol–water partition coefficient (Wildman–Crippen LogP) is 4.32. The number of nitrogens with zero attached hydrogens (tertiary/aromatic N) is 3. The van der Waals surface area contributed by atoms with E-state index in [0.29, 0.717) is 19.2 Å². The van der Waals surface area contributed by atoms with E-state index in [1.165, 1.54) is 12.0 Å². The summed E-state index contributed by atoms with van der Waals surface area (Å²) in [5.41, 5.74) is 3.06. The van der Waals surface area contributed by atoms with Crippen LogP contribution in [0, 0.1) is 6.92 Å². The van der Waals surface area contributed by atoms with Gasteiger partial charge >= 0.3 is 0 Å². The summed E-state index contributed by atoms with van der Waals surface area (Å²) < 4.78 is 7.96. The van der Waals surface area contributed by atoms with E-state index in [1.807, 2.05) is 58.0 Å². The first-order chi connectivity index (χ1) is 13.6. The zero-order valence-electron chi connectivity index (χ0n) is 16.6. The highest BCUT2D eigenvalue weighted by molar-refractivity contribution is 5.81. The molecule has 1 saturated heterocycles. The molecule has 4 rings (SSSR count). The summed E-state index contributed by atoms with van der Waals surface area (Å²) in [4.78, 5) is 19.8. The van der Waals surface area contributed by atoms with Gasteiger partial charge in [0.2, 0.25) is 5.91 Å². The quantitative estimate of drug-likeness (QED) is 0.665. The zero-order valence-corrected chi connectivity index (χ0v) is 16.6. The fourth-order valence-corrected chi connectivity index (χ4v) is 3.89. The molecular weight excluding hydrogens is 350 g/mol. The van der Waals surface area contributed by atoms with Crippen LogP contribution in [-0.2, 0) is 17.9 Å². The standard InChI is InChI=1S/C23H27N3O2/c1-17-10-12-19(13-11-17)28-16-22-24-20-8-3-4-9-21(20)26(22)15-23(27)25-14-6-5-7-18(25)2/h3-4,8-13,18H,5-7,14-16H2,1-2H3/t18-/m1/s1. The largest absolute Gasteiger partial charge is 0.486 e. The molecule has 1 amide bonds. The van der Waals surface area contributed by atoms with E-state index in [1.54, 1.807) is 0 Å². The van der Waals surface area contributed by atoms with Gasteiger partial charge in [-0.2, -0.15) is 0 Å². The van der Waals surface area contributed by atoms with Crippen LogP contribution >= 0.6 is 0 Å². The molecule has 3 aromatic rings. The highest BCUT2D eigenvalue weighted by atomic mass is 16.5. The number of benzene rings is 2. The van der Waals surface area contributed by atoms with Crippen molar-refractivity contribution in [2.75, 3.05) is 6.54 Å². The minimum absolute atomic E-state index is 0.159. The number of aryl methyl sites for hydroxylation is 1. The maximum Gasteiger partial charge on any atom is 0.242 e. The second-order valence-corrected chi connectivity index (χ2v) is 7.64. The number of carbonyl (C=O) groups excluding carboxylic acids is 1. The van der Waals surface area contributed by atoms with Gasteiger partial charge in [-0.05, 0) is 57.4 Å². The lowest BCUT2D eigenvalue weighted by atomic mass is 10.0. The molecule has 28 heavy (non-hydrogen) atoms. The molecule has 1 aliphatic heterocycles. The number of para-hydroxylation sites is 2. The molecule has 1 atom stereocenters.